The normalized spacial score (nSPS) is 11.7. The van der Waals surface area contributed by atoms with Crippen molar-refractivity contribution in [3.63, 3.8) is 0 Å². The van der Waals surface area contributed by atoms with Crippen LogP contribution in [-0.4, -0.2) is 25.4 Å². The lowest BCUT2D eigenvalue weighted by atomic mass is 10.2. The summed E-state index contributed by atoms with van der Waals surface area (Å²) in [5.74, 6) is 0.824. The summed E-state index contributed by atoms with van der Waals surface area (Å²) in [5.41, 5.74) is 3.16. The van der Waals surface area contributed by atoms with Crippen LogP contribution in [0.2, 0.25) is 5.02 Å². The number of aromatic nitrogens is 1. The zero-order chi connectivity index (χ0) is 18.4. The molecule has 0 bridgehead atoms. The highest BCUT2D eigenvalue weighted by molar-refractivity contribution is 7.07. The van der Waals surface area contributed by atoms with Crippen LogP contribution >= 0.6 is 22.9 Å². The number of methoxy groups -OCH3 is 2. The van der Waals surface area contributed by atoms with Crippen molar-refractivity contribution in [2.75, 3.05) is 20.8 Å². The maximum Gasteiger partial charge on any atom is 0.190 e. The van der Waals surface area contributed by atoms with E-state index < -0.39 is 0 Å². The van der Waals surface area contributed by atoms with Crippen molar-refractivity contribution in [2.45, 2.75) is 13.0 Å². The fourth-order valence-electron chi connectivity index (χ4n) is 2.62. The second-order valence-electron chi connectivity index (χ2n) is 5.72. The molecule has 3 aromatic rings. The van der Waals surface area contributed by atoms with Crippen LogP contribution in [-0.2, 0) is 11.3 Å². The number of hydrogen-bond acceptors (Lipinski definition) is 4. The van der Waals surface area contributed by atoms with Crippen LogP contribution < -0.4 is 9.54 Å². The highest BCUT2D eigenvalue weighted by atomic mass is 35.5. The van der Waals surface area contributed by atoms with E-state index in [2.05, 4.69) is 9.95 Å². The molecule has 0 spiro atoms. The van der Waals surface area contributed by atoms with E-state index in [0.717, 1.165) is 45.5 Å². The molecule has 0 aliphatic rings. The van der Waals surface area contributed by atoms with Crippen LogP contribution in [0.3, 0.4) is 0 Å². The van der Waals surface area contributed by atoms with Gasteiger partial charge in [-0.05, 0) is 48.4 Å². The lowest BCUT2D eigenvalue weighted by Gasteiger charge is -2.09. The topological polar surface area (TPSA) is 35.8 Å². The Morgan fingerprint density at radius 2 is 1.77 bits per heavy atom. The van der Waals surface area contributed by atoms with Gasteiger partial charge in [0.05, 0.1) is 18.5 Å². The van der Waals surface area contributed by atoms with E-state index in [0.29, 0.717) is 6.61 Å². The van der Waals surface area contributed by atoms with Crippen LogP contribution in [0.5, 0.6) is 5.75 Å². The first-order chi connectivity index (χ1) is 12.7. The van der Waals surface area contributed by atoms with E-state index in [1.807, 2.05) is 48.5 Å². The lowest BCUT2D eigenvalue weighted by Crippen LogP contribution is -2.17. The predicted octanol–water partition coefficient (Wildman–Crippen LogP) is 5.15. The van der Waals surface area contributed by atoms with Crippen molar-refractivity contribution in [1.82, 2.24) is 4.57 Å². The molecule has 4 nitrogen and oxygen atoms in total. The Bertz CT molecular complexity index is 899. The molecule has 26 heavy (non-hydrogen) atoms. The van der Waals surface area contributed by atoms with Gasteiger partial charge in [0.15, 0.2) is 4.80 Å². The summed E-state index contributed by atoms with van der Waals surface area (Å²) in [6, 6.07) is 15.6. The Kier molecular flexibility index (Phi) is 6.50. The van der Waals surface area contributed by atoms with Crippen molar-refractivity contribution < 1.29 is 9.47 Å². The number of thiazole rings is 1. The van der Waals surface area contributed by atoms with Gasteiger partial charge >= 0.3 is 0 Å². The highest BCUT2D eigenvalue weighted by Gasteiger charge is 2.08. The summed E-state index contributed by atoms with van der Waals surface area (Å²) in [5, 5.41) is 2.87. The van der Waals surface area contributed by atoms with Gasteiger partial charge in [-0.3, -0.25) is 0 Å². The third kappa shape index (κ3) is 4.55. The summed E-state index contributed by atoms with van der Waals surface area (Å²) >= 11 is 7.66. The van der Waals surface area contributed by atoms with Crippen LogP contribution in [0.4, 0.5) is 5.69 Å². The largest absolute Gasteiger partial charge is 0.497 e. The van der Waals surface area contributed by atoms with Crippen LogP contribution in [0.15, 0.2) is 58.9 Å². The molecule has 2 aromatic carbocycles. The Hall–Kier alpha value is -2.08. The molecular formula is C20H21ClN2O2S. The second kappa shape index (κ2) is 9.03. The van der Waals surface area contributed by atoms with Crippen molar-refractivity contribution in [3.8, 4) is 17.0 Å². The van der Waals surface area contributed by atoms with Crippen molar-refractivity contribution in [3.05, 3.63) is 63.7 Å². The van der Waals surface area contributed by atoms with Gasteiger partial charge in [0.1, 0.15) is 5.75 Å². The Balaban J connectivity index is 2.00. The minimum absolute atomic E-state index is 0.713. The number of nitrogens with zero attached hydrogens (tertiary/aromatic N) is 2. The number of rotatable bonds is 7. The molecule has 0 unspecified atom stereocenters. The first-order valence-electron chi connectivity index (χ1n) is 8.33. The van der Waals surface area contributed by atoms with Crippen LogP contribution in [0, 0.1) is 0 Å². The van der Waals surface area contributed by atoms with E-state index in [-0.39, 0.29) is 0 Å². The minimum Gasteiger partial charge on any atom is -0.497 e. The molecule has 0 N–H and O–H groups in total. The van der Waals surface area contributed by atoms with Gasteiger partial charge in [-0.2, -0.15) is 0 Å². The van der Waals surface area contributed by atoms with Gasteiger partial charge in [0, 0.05) is 30.7 Å². The van der Waals surface area contributed by atoms with Gasteiger partial charge in [-0.1, -0.05) is 23.7 Å². The van der Waals surface area contributed by atoms with E-state index in [9.17, 15) is 0 Å². The van der Waals surface area contributed by atoms with Gasteiger partial charge in [-0.15, -0.1) is 11.3 Å². The zero-order valence-electron chi connectivity index (χ0n) is 14.8. The predicted molar refractivity (Wildman–Crippen MR) is 107 cm³/mol. The average molecular weight is 389 g/mol. The lowest BCUT2D eigenvalue weighted by molar-refractivity contribution is 0.190. The fourth-order valence-corrected chi connectivity index (χ4v) is 3.70. The SMILES string of the molecule is COCCCn1c(-c2ccc(Cl)cc2)csc1=Nc1ccc(OC)cc1. The van der Waals surface area contributed by atoms with Crippen molar-refractivity contribution in [2.24, 2.45) is 4.99 Å². The molecule has 6 heteroatoms. The zero-order valence-corrected chi connectivity index (χ0v) is 16.4. The Labute approximate surface area is 162 Å². The highest BCUT2D eigenvalue weighted by Crippen LogP contribution is 2.23. The summed E-state index contributed by atoms with van der Waals surface area (Å²) < 4.78 is 12.7. The Morgan fingerprint density at radius 3 is 2.42 bits per heavy atom. The van der Waals surface area contributed by atoms with E-state index >= 15 is 0 Å². The monoisotopic (exact) mass is 388 g/mol. The molecule has 0 radical (unpaired) electrons. The summed E-state index contributed by atoms with van der Waals surface area (Å²) in [6.07, 6.45) is 0.920. The van der Waals surface area contributed by atoms with E-state index in [1.165, 1.54) is 0 Å². The summed E-state index contributed by atoms with van der Waals surface area (Å²) in [4.78, 5) is 5.77. The van der Waals surface area contributed by atoms with Gasteiger partial charge < -0.3 is 14.0 Å². The quantitative estimate of drug-likeness (QED) is 0.525. The maximum absolute atomic E-state index is 6.03. The van der Waals surface area contributed by atoms with Crippen LogP contribution in [0.25, 0.3) is 11.3 Å². The molecule has 0 aliphatic heterocycles. The molecule has 0 aliphatic carbocycles. The summed E-state index contributed by atoms with van der Waals surface area (Å²) in [6.45, 7) is 1.55. The van der Waals surface area contributed by atoms with Gasteiger partial charge in [-0.25, -0.2) is 4.99 Å². The Morgan fingerprint density at radius 1 is 1.04 bits per heavy atom. The standard InChI is InChI=1S/C20H21ClN2O2S/c1-24-13-3-12-23-19(15-4-6-16(21)7-5-15)14-26-20(23)22-17-8-10-18(25-2)11-9-17/h4-11,14H,3,12-13H2,1-2H3. The van der Waals surface area contributed by atoms with E-state index in [4.69, 9.17) is 26.1 Å². The molecule has 0 saturated carbocycles. The maximum atomic E-state index is 6.03. The molecule has 1 aromatic heterocycles. The van der Waals surface area contributed by atoms with E-state index in [1.54, 1.807) is 25.6 Å². The molecule has 0 atom stereocenters. The van der Waals surface area contributed by atoms with Gasteiger partial charge in [0.25, 0.3) is 0 Å². The number of hydrogen-bond donors (Lipinski definition) is 0. The van der Waals surface area contributed by atoms with Crippen molar-refractivity contribution in [1.29, 1.82) is 0 Å². The first kappa shape index (κ1) is 18.7. The van der Waals surface area contributed by atoms with Gasteiger partial charge in [0.2, 0.25) is 0 Å². The molecule has 136 valence electrons. The number of ether oxygens (including phenoxy) is 2. The minimum atomic E-state index is 0.713. The number of halogens is 1. The van der Waals surface area contributed by atoms with Crippen LogP contribution in [0.1, 0.15) is 6.42 Å². The average Bonchev–Trinajstić information content (AvgIpc) is 3.06. The smallest absolute Gasteiger partial charge is 0.190 e. The molecule has 0 saturated heterocycles. The third-order valence-corrected chi connectivity index (χ3v) is 5.08. The molecule has 0 fully saturated rings. The summed E-state index contributed by atoms with van der Waals surface area (Å²) in [7, 11) is 3.38. The van der Waals surface area contributed by atoms with Crippen molar-refractivity contribution >= 4 is 28.6 Å². The molecule has 1 heterocycles. The fraction of sp³-hybridized carbons (Fsp3) is 0.250. The number of benzene rings is 2. The molecule has 0 amide bonds. The first-order valence-corrected chi connectivity index (χ1v) is 9.59. The second-order valence-corrected chi connectivity index (χ2v) is 6.99. The molecule has 3 rings (SSSR count). The molecular weight excluding hydrogens is 368 g/mol. The third-order valence-electron chi connectivity index (χ3n) is 3.97.